The van der Waals surface area contributed by atoms with E-state index in [1.54, 1.807) is 11.3 Å². The van der Waals surface area contributed by atoms with Crippen molar-refractivity contribution in [2.75, 3.05) is 6.54 Å². The van der Waals surface area contributed by atoms with Gasteiger partial charge in [-0.05, 0) is 35.6 Å². The number of thiophene rings is 1. The molecular weight excluding hydrogens is 326 g/mol. The molecule has 0 amide bonds. The number of aromatic nitrogens is 2. The summed E-state index contributed by atoms with van der Waals surface area (Å²) in [6, 6.07) is 12.4. The molecule has 3 aromatic rings. The van der Waals surface area contributed by atoms with Crippen molar-refractivity contribution < 1.29 is 0 Å². The van der Waals surface area contributed by atoms with Gasteiger partial charge in [0.15, 0.2) is 0 Å². The molecule has 5 heteroatoms. The van der Waals surface area contributed by atoms with E-state index in [1.807, 2.05) is 12.1 Å². The number of halogens is 1. The summed E-state index contributed by atoms with van der Waals surface area (Å²) in [6.45, 7) is 2.86. The van der Waals surface area contributed by atoms with Crippen molar-refractivity contribution in [3.63, 3.8) is 0 Å². The average molecular weight is 344 g/mol. The van der Waals surface area contributed by atoms with Crippen molar-refractivity contribution in [1.82, 2.24) is 15.1 Å². The zero-order valence-corrected chi connectivity index (χ0v) is 14.3. The second-order valence-electron chi connectivity index (χ2n) is 5.78. The third-order valence-corrected chi connectivity index (χ3v) is 5.42. The van der Waals surface area contributed by atoms with Gasteiger partial charge >= 0.3 is 0 Å². The fraction of sp³-hybridized carbons (Fsp3) is 0.278. The van der Waals surface area contributed by atoms with Crippen molar-refractivity contribution in [3.8, 4) is 10.6 Å². The normalized spacial score (nSPS) is 14.0. The van der Waals surface area contributed by atoms with Gasteiger partial charge < -0.3 is 5.32 Å². The molecule has 1 N–H and O–H groups in total. The minimum absolute atomic E-state index is 0.788. The Balaban J connectivity index is 1.62. The summed E-state index contributed by atoms with van der Waals surface area (Å²) >= 11 is 7.72. The summed E-state index contributed by atoms with van der Waals surface area (Å²) in [5.74, 6) is 0. The van der Waals surface area contributed by atoms with Crippen LogP contribution in [0.25, 0.3) is 10.6 Å². The van der Waals surface area contributed by atoms with E-state index in [-0.39, 0.29) is 0 Å². The minimum Gasteiger partial charge on any atom is -0.312 e. The molecule has 0 saturated carbocycles. The maximum absolute atomic E-state index is 5.96. The quantitative estimate of drug-likeness (QED) is 0.771. The first-order valence-corrected chi connectivity index (χ1v) is 9.14. The summed E-state index contributed by atoms with van der Waals surface area (Å²) in [5, 5.41) is 11.3. The Morgan fingerprint density at radius 3 is 2.87 bits per heavy atom. The van der Waals surface area contributed by atoms with Gasteiger partial charge in [-0.1, -0.05) is 29.8 Å². The molecule has 0 aliphatic carbocycles. The molecule has 1 aliphatic heterocycles. The van der Waals surface area contributed by atoms with Crippen molar-refractivity contribution >= 4 is 22.9 Å². The first kappa shape index (κ1) is 14.9. The predicted octanol–water partition coefficient (Wildman–Crippen LogP) is 4.15. The summed E-state index contributed by atoms with van der Waals surface area (Å²) in [7, 11) is 0. The van der Waals surface area contributed by atoms with Gasteiger partial charge in [0.05, 0.1) is 4.88 Å². The monoisotopic (exact) mass is 343 g/mol. The molecule has 0 atom stereocenters. The summed E-state index contributed by atoms with van der Waals surface area (Å²) in [4.78, 5) is 1.26. The fourth-order valence-corrected chi connectivity index (χ4v) is 3.96. The van der Waals surface area contributed by atoms with Gasteiger partial charge in [-0.15, -0.1) is 11.3 Å². The van der Waals surface area contributed by atoms with Gasteiger partial charge in [-0.3, -0.25) is 4.68 Å². The van der Waals surface area contributed by atoms with Crippen LogP contribution in [0.5, 0.6) is 0 Å². The molecule has 1 aliphatic rings. The van der Waals surface area contributed by atoms with Crippen LogP contribution in [-0.2, 0) is 25.9 Å². The van der Waals surface area contributed by atoms with Crippen molar-refractivity contribution in [2.45, 2.75) is 25.9 Å². The van der Waals surface area contributed by atoms with Crippen LogP contribution < -0.4 is 5.32 Å². The number of fused-ring (bicyclic) bond motifs is 1. The number of benzene rings is 1. The fourth-order valence-electron chi connectivity index (χ4n) is 3.10. The van der Waals surface area contributed by atoms with E-state index < -0.39 is 0 Å². The maximum atomic E-state index is 5.96. The Hall–Kier alpha value is -1.62. The van der Waals surface area contributed by atoms with Gasteiger partial charge in [0, 0.05) is 42.3 Å². The molecule has 3 nitrogen and oxygen atoms in total. The van der Waals surface area contributed by atoms with Crippen LogP contribution >= 0.6 is 22.9 Å². The zero-order valence-electron chi connectivity index (χ0n) is 12.8. The number of nitrogens with one attached hydrogen (secondary N) is 1. The highest BCUT2D eigenvalue weighted by Gasteiger charge is 2.21. The van der Waals surface area contributed by atoms with Gasteiger partial charge in [-0.25, -0.2) is 0 Å². The first-order valence-electron chi connectivity index (χ1n) is 7.89. The number of nitrogens with zero attached hydrogens (tertiary/aromatic N) is 2. The SMILES string of the molecule is Clc1ccc(CCn2nc(-c3cccs3)c3c2CCNC3)cc1. The molecule has 0 fully saturated rings. The van der Waals surface area contributed by atoms with Crippen LogP contribution in [0.4, 0.5) is 0 Å². The van der Waals surface area contributed by atoms with Gasteiger partial charge in [-0.2, -0.15) is 5.10 Å². The highest BCUT2D eigenvalue weighted by atomic mass is 35.5. The highest BCUT2D eigenvalue weighted by molar-refractivity contribution is 7.13. The molecular formula is C18H18ClN3S. The van der Waals surface area contributed by atoms with E-state index >= 15 is 0 Å². The van der Waals surface area contributed by atoms with E-state index in [2.05, 4.69) is 39.6 Å². The van der Waals surface area contributed by atoms with Crippen LogP contribution in [0.15, 0.2) is 41.8 Å². The number of hydrogen-bond donors (Lipinski definition) is 1. The van der Waals surface area contributed by atoms with Crippen molar-refractivity contribution in [3.05, 3.63) is 63.6 Å². The average Bonchev–Trinajstić information content (AvgIpc) is 3.22. The van der Waals surface area contributed by atoms with Crippen LogP contribution in [0.3, 0.4) is 0 Å². The summed E-state index contributed by atoms with van der Waals surface area (Å²) in [6.07, 6.45) is 2.02. The van der Waals surface area contributed by atoms with E-state index in [4.69, 9.17) is 16.7 Å². The van der Waals surface area contributed by atoms with E-state index in [9.17, 15) is 0 Å². The molecule has 0 unspecified atom stereocenters. The van der Waals surface area contributed by atoms with Crippen molar-refractivity contribution in [2.24, 2.45) is 0 Å². The molecule has 23 heavy (non-hydrogen) atoms. The standard InChI is InChI=1S/C18H18ClN3S/c19-14-5-3-13(4-6-14)8-10-22-16-7-9-20-12-15(16)18(21-22)17-2-1-11-23-17/h1-6,11,20H,7-10,12H2. The largest absolute Gasteiger partial charge is 0.312 e. The molecule has 2 aromatic heterocycles. The Labute approximate surface area is 144 Å². The third-order valence-electron chi connectivity index (χ3n) is 4.29. The van der Waals surface area contributed by atoms with E-state index in [1.165, 1.54) is 21.7 Å². The second-order valence-corrected chi connectivity index (χ2v) is 7.16. The lowest BCUT2D eigenvalue weighted by molar-refractivity contribution is 0.551. The Kier molecular flexibility index (Phi) is 4.21. The molecule has 118 valence electrons. The van der Waals surface area contributed by atoms with Crippen LogP contribution in [-0.4, -0.2) is 16.3 Å². The Bertz CT molecular complexity index is 791. The van der Waals surface area contributed by atoms with Crippen LogP contribution in [0.1, 0.15) is 16.8 Å². The number of hydrogen-bond acceptors (Lipinski definition) is 3. The highest BCUT2D eigenvalue weighted by Crippen LogP contribution is 2.30. The topological polar surface area (TPSA) is 29.9 Å². The van der Waals surface area contributed by atoms with Crippen LogP contribution in [0.2, 0.25) is 5.02 Å². The molecule has 4 rings (SSSR count). The lowest BCUT2D eigenvalue weighted by Gasteiger charge is -2.15. The molecule has 0 radical (unpaired) electrons. The molecule has 1 aromatic carbocycles. The van der Waals surface area contributed by atoms with Crippen LogP contribution in [0, 0.1) is 0 Å². The van der Waals surface area contributed by atoms with Gasteiger partial charge in [0.1, 0.15) is 5.69 Å². The lowest BCUT2D eigenvalue weighted by Crippen LogP contribution is -2.25. The molecule has 0 spiro atoms. The van der Waals surface area contributed by atoms with Crippen molar-refractivity contribution in [1.29, 1.82) is 0 Å². The third kappa shape index (κ3) is 3.07. The smallest absolute Gasteiger partial charge is 0.107 e. The molecule has 3 heterocycles. The van der Waals surface area contributed by atoms with Gasteiger partial charge in [0.25, 0.3) is 0 Å². The Morgan fingerprint density at radius 2 is 2.09 bits per heavy atom. The summed E-state index contributed by atoms with van der Waals surface area (Å²) < 4.78 is 2.21. The van der Waals surface area contributed by atoms with E-state index in [0.717, 1.165) is 43.2 Å². The zero-order chi connectivity index (χ0) is 15.6. The molecule has 0 saturated heterocycles. The lowest BCUT2D eigenvalue weighted by atomic mass is 10.1. The second kappa shape index (κ2) is 6.48. The Morgan fingerprint density at radius 1 is 1.22 bits per heavy atom. The van der Waals surface area contributed by atoms with E-state index in [0.29, 0.717) is 0 Å². The first-order chi connectivity index (χ1) is 11.3. The summed E-state index contributed by atoms with van der Waals surface area (Å²) in [5.41, 5.74) is 5.21. The van der Waals surface area contributed by atoms with Gasteiger partial charge in [0.2, 0.25) is 0 Å². The molecule has 0 bridgehead atoms. The predicted molar refractivity (Wildman–Crippen MR) is 96.1 cm³/mol. The maximum Gasteiger partial charge on any atom is 0.107 e. The minimum atomic E-state index is 0.788. The number of aryl methyl sites for hydroxylation is 2. The number of rotatable bonds is 4.